The number of anilines is 1. The molecule has 1 atom stereocenters. The first-order valence-corrected chi connectivity index (χ1v) is 8.81. The number of ether oxygens (including phenoxy) is 1. The highest BCUT2D eigenvalue weighted by atomic mass is 32.1. The molecule has 4 heterocycles. The number of nitrogens with two attached hydrogens (primary N) is 1. The molecule has 0 radical (unpaired) electrons. The fourth-order valence-electron chi connectivity index (χ4n) is 2.79. The van der Waals surface area contributed by atoms with Crippen molar-refractivity contribution in [3.63, 3.8) is 0 Å². The summed E-state index contributed by atoms with van der Waals surface area (Å²) in [7, 11) is 1.70. The first-order chi connectivity index (χ1) is 12.2. The largest absolute Gasteiger partial charge is 0.387 e. The van der Waals surface area contributed by atoms with Gasteiger partial charge in [0.05, 0.1) is 25.0 Å². The van der Waals surface area contributed by atoms with Crippen molar-refractivity contribution in [1.82, 2.24) is 9.97 Å². The van der Waals surface area contributed by atoms with E-state index in [0.29, 0.717) is 19.0 Å². The molecule has 128 valence electrons. The summed E-state index contributed by atoms with van der Waals surface area (Å²) >= 11 is 1.52. The van der Waals surface area contributed by atoms with E-state index in [1.165, 1.54) is 11.3 Å². The molecule has 1 fully saturated rings. The molecule has 0 aliphatic carbocycles. The summed E-state index contributed by atoms with van der Waals surface area (Å²) in [6, 6.07) is 7.91. The number of aromatic nitrogens is 2. The third-order valence-corrected chi connectivity index (χ3v) is 5.43. The van der Waals surface area contributed by atoms with E-state index in [4.69, 9.17) is 15.5 Å². The van der Waals surface area contributed by atoms with Gasteiger partial charge in [-0.1, -0.05) is 0 Å². The van der Waals surface area contributed by atoms with Crippen molar-refractivity contribution in [2.45, 2.75) is 6.10 Å². The summed E-state index contributed by atoms with van der Waals surface area (Å²) < 4.78 is 5.17. The summed E-state index contributed by atoms with van der Waals surface area (Å²) in [5.74, 6) is 0.629. The number of fused-ring (bicyclic) bond motifs is 1. The molecule has 3 N–H and O–H groups in total. The van der Waals surface area contributed by atoms with Gasteiger partial charge in [-0.05, 0) is 24.3 Å². The maximum Gasteiger partial charge on any atom is 0.132 e. The second-order valence-electron chi connectivity index (χ2n) is 6.07. The van der Waals surface area contributed by atoms with E-state index < -0.39 is 6.10 Å². The van der Waals surface area contributed by atoms with Gasteiger partial charge in [0, 0.05) is 46.8 Å². The van der Waals surface area contributed by atoms with Crippen molar-refractivity contribution in [2.24, 2.45) is 10.9 Å². The number of rotatable bonds is 4. The van der Waals surface area contributed by atoms with Crippen molar-refractivity contribution in [1.29, 1.82) is 0 Å². The molecule has 4 rings (SSSR count). The van der Waals surface area contributed by atoms with Crippen molar-refractivity contribution in [3.8, 4) is 11.3 Å². The van der Waals surface area contributed by atoms with Crippen LogP contribution < -0.4 is 5.73 Å². The Morgan fingerprint density at radius 2 is 2.24 bits per heavy atom. The SMILES string of the molecule is CN=Cc1cc(-c2ccc3cc(C(O)C4COC4)sc3n2)cnc1N. The quantitative estimate of drug-likeness (QED) is 0.703. The van der Waals surface area contributed by atoms with Gasteiger partial charge in [0.15, 0.2) is 0 Å². The van der Waals surface area contributed by atoms with Crippen LogP contribution in [0, 0.1) is 5.92 Å². The number of aliphatic imine (C=N–C) groups is 1. The number of aliphatic hydroxyl groups is 1. The highest BCUT2D eigenvalue weighted by Crippen LogP contribution is 2.36. The van der Waals surface area contributed by atoms with Crippen LogP contribution in [0.5, 0.6) is 0 Å². The average Bonchev–Trinajstić information content (AvgIpc) is 2.98. The number of hydrogen-bond donors (Lipinski definition) is 2. The van der Waals surface area contributed by atoms with Crippen molar-refractivity contribution in [3.05, 3.63) is 40.9 Å². The zero-order valence-electron chi connectivity index (χ0n) is 13.7. The molecule has 0 aromatic carbocycles. The van der Waals surface area contributed by atoms with Crippen LogP contribution in [0.3, 0.4) is 0 Å². The summed E-state index contributed by atoms with van der Waals surface area (Å²) in [6.45, 7) is 1.24. The minimum atomic E-state index is -0.484. The lowest BCUT2D eigenvalue weighted by molar-refractivity contribution is -0.0913. The van der Waals surface area contributed by atoms with Gasteiger partial charge in [-0.2, -0.15) is 0 Å². The minimum absolute atomic E-state index is 0.185. The molecular weight excluding hydrogens is 336 g/mol. The average molecular weight is 354 g/mol. The maximum absolute atomic E-state index is 10.4. The Morgan fingerprint density at radius 3 is 2.96 bits per heavy atom. The van der Waals surface area contributed by atoms with E-state index in [2.05, 4.69) is 9.98 Å². The van der Waals surface area contributed by atoms with Gasteiger partial charge >= 0.3 is 0 Å². The number of thiophene rings is 1. The molecule has 0 saturated carbocycles. The molecule has 6 nitrogen and oxygen atoms in total. The zero-order chi connectivity index (χ0) is 17.4. The van der Waals surface area contributed by atoms with Gasteiger partial charge in [-0.25, -0.2) is 9.97 Å². The van der Waals surface area contributed by atoms with Gasteiger partial charge in [-0.15, -0.1) is 11.3 Å². The summed E-state index contributed by atoms with van der Waals surface area (Å²) in [6.07, 6.45) is 2.91. The Kier molecular flexibility index (Phi) is 4.20. The second kappa shape index (κ2) is 6.51. The first-order valence-electron chi connectivity index (χ1n) is 8.00. The van der Waals surface area contributed by atoms with Gasteiger partial charge < -0.3 is 15.6 Å². The van der Waals surface area contributed by atoms with Crippen LogP contribution in [0.15, 0.2) is 35.5 Å². The lowest BCUT2D eigenvalue weighted by Gasteiger charge is -2.29. The summed E-state index contributed by atoms with van der Waals surface area (Å²) in [4.78, 5) is 14.8. The lowest BCUT2D eigenvalue weighted by atomic mass is 9.99. The standard InChI is InChI=1S/C18H18N4O2S/c1-20-6-12-4-11(7-21-17(12)19)14-3-2-10-5-15(25-18(10)22-14)16(23)13-8-24-9-13/h2-7,13,16,23H,8-9H2,1H3,(H2,19,21). The van der Waals surface area contributed by atoms with Crippen LogP contribution in [0.4, 0.5) is 5.82 Å². The van der Waals surface area contributed by atoms with Crippen LogP contribution in [-0.2, 0) is 4.74 Å². The van der Waals surface area contributed by atoms with E-state index in [-0.39, 0.29) is 5.92 Å². The number of nitrogens with zero attached hydrogens (tertiary/aromatic N) is 3. The Balaban J connectivity index is 1.70. The van der Waals surface area contributed by atoms with E-state index in [0.717, 1.165) is 31.9 Å². The number of nitrogen functional groups attached to an aromatic ring is 1. The fourth-order valence-corrected chi connectivity index (χ4v) is 3.90. The highest BCUT2D eigenvalue weighted by molar-refractivity contribution is 7.18. The number of aliphatic hydroxyl groups excluding tert-OH is 1. The number of pyridine rings is 2. The van der Waals surface area contributed by atoms with Gasteiger partial charge in [0.1, 0.15) is 10.6 Å². The van der Waals surface area contributed by atoms with Crippen molar-refractivity contribution < 1.29 is 9.84 Å². The summed E-state index contributed by atoms with van der Waals surface area (Å²) in [5, 5.41) is 11.4. The van der Waals surface area contributed by atoms with E-state index >= 15 is 0 Å². The van der Waals surface area contributed by atoms with E-state index in [1.807, 2.05) is 24.3 Å². The maximum atomic E-state index is 10.4. The Morgan fingerprint density at radius 1 is 1.40 bits per heavy atom. The highest BCUT2D eigenvalue weighted by Gasteiger charge is 2.29. The Hall–Kier alpha value is -2.35. The zero-order valence-corrected chi connectivity index (χ0v) is 14.5. The molecule has 0 amide bonds. The molecule has 1 aliphatic heterocycles. The van der Waals surface area contributed by atoms with Crippen LogP contribution in [0.2, 0.25) is 0 Å². The van der Waals surface area contributed by atoms with Gasteiger partial charge in [0.2, 0.25) is 0 Å². The number of hydrogen-bond acceptors (Lipinski definition) is 7. The molecule has 7 heteroatoms. The smallest absolute Gasteiger partial charge is 0.132 e. The Labute approximate surface area is 149 Å². The van der Waals surface area contributed by atoms with Gasteiger partial charge in [0.25, 0.3) is 0 Å². The lowest BCUT2D eigenvalue weighted by Crippen LogP contribution is -2.32. The third-order valence-electron chi connectivity index (χ3n) is 4.32. The van der Waals surface area contributed by atoms with Crippen LogP contribution in [-0.4, -0.2) is 41.6 Å². The van der Waals surface area contributed by atoms with Crippen LogP contribution in [0.1, 0.15) is 16.5 Å². The van der Waals surface area contributed by atoms with E-state index in [9.17, 15) is 5.11 Å². The third kappa shape index (κ3) is 3.02. The molecule has 25 heavy (non-hydrogen) atoms. The normalized spacial score (nSPS) is 16.4. The predicted octanol–water partition coefficient (Wildman–Crippen LogP) is 2.67. The topological polar surface area (TPSA) is 93.6 Å². The van der Waals surface area contributed by atoms with Crippen LogP contribution >= 0.6 is 11.3 Å². The molecule has 1 unspecified atom stereocenters. The molecule has 3 aromatic heterocycles. The molecule has 0 bridgehead atoms. The molecule has 0 spiro atoms. The second-order valence-corrected chi connectivity index (χ2v) is 7.13. The van der Waals surface area contributed by atoms with Crippen molar-refractivity contribution >= 4 is 33.6 Å². The fraction of sp³-hybridized carbons (Fsp3) is 0.278. The molecule has 1 saturated heterocycles. The summed E-state index contributed by atoms with van der Waals surface area (Å²) in [5.41, 5.74) is 8.34. The molecule has 3 aromatic rings. The first kappa shape index (κ1) is 16.1. The Bertz CT molecular complexity index is 949. The van der Waals surface area contributed by atoms with E-state index in [1.54, 1.807) is 19.5 Å². The van der Waals surface area contributed by atoms with Gasteiger partial charge in [-0.3, -0.25) is 4.99 Å². The molecule has 1 aliphatic rings. The predicted molar refractivity (Wildman–Crippen MR) is 100 cm³/mol. The minimum Gasteiger partial charge on any atom is -0.387 e. The van der Waals surface area contributed by atoms with Crippen molar-refractivity contribution in [2.75, 3.05) is 26.0 Å². The monoisotopic (exact) mass is 354 g/mol. The van der Waals surface area contributed by atoms with Crippen LogP contribution in [0.25, 0.3) is 21.5 Å². The molecular formula is C18H18N4O2S.